The maximum absolute atomic E-state index is 9.13. The molecule has 5 heteroatoms. The lowest BCUT2D eigenvalue weighted by Gasteiger charge is -2.05. The molecular formula is C12H12N4O. The Morgan fingerprint density at radius 2 is 2.24 bits per heavy atom. The summed E-state index contributed by atoms with van der Waals surface area (Å²) in [5.41, 5.74) is 1.41. The third-order valence-electron chi connectivity index (χ3n) is 2.53. The SMILES string of the molecule is CCn1c(CO)nnc1-c1cccc(C#N)c1. The molecule has 0 atom stereocenters. The van der Waals surface area contributed by atoms with Crippen LogP contribution in [-0.4, -0.2) is 19.9 Å². The van der Waals surface area contributed by atoms with E-state index in [1.807, 2.05) is 17.6 Å². The Morgan fingerprint density at radius 3 is 2.88 bits per heavy atom. The van der Waals surface area contributed by atoms with Crippen molar-refractivity contribution >= 4 is 0 Å². The molecule has 2 rings (SSSR count). The Bertz CT molecular complexity index is 568. The van der Waals surface area contributed by atoms with E-state index in [1.165, 1.54) is 0 Å². The van der Waals surface area contributed by atoms with E-state index in [2.05, 4.69) is 16.3 Å². The monoisotopic (exact) mass is 228 g/mol. The molecule has 0 aliphatic heterocycles. The van der Waals surface area contributed by atoms with E-state index in [1.54, 1.807) is 18.2 Å². The van der Waals surface area contributed by atoms with Crippen molar-refractivity contribution in [2.45, 2.75) is 20.1 Å². The van der Waals surface area contributed by atoms with Crippen molar-refractivity contribution in [1.29, 1.82) is 5.26 Å². The second-order valence-electron chi connectivity index (χ2n) is 3.53. The zero-order chi connectivity index (χ0) is 12.3. The summed E-state index contributed by atoms with van der Waals surface area (Å²) in [6.45, 7) is 2.49. The van der Waals surface area contributed by atoms with Crippen LogP contribution in [0.3, 0.4) is 0 Å². The predicted molar refractivity (Wildman–Crippen MR) is 61.8 cm³/mol. The number of rotatable bonds is 3. The van der Waals surface area contributed by atoms with Crippen molar-refractivity contribution in [3.05, 3.63) is 35.7 Å². The van der Waals surface area contributed by atoms with Gasteiger partial charge in [0.05, 0.1) is 11.6 Å². The van der Waals surface area contributed by atoms with E-state index in [4.69, 9.17) is 10.4 Å². The average Bonchev–Trinajstić information content (AvgIpc) is 2.81. The largest absolute Gasteiger partial charge is 0.388 e. The van der Waals surface area contributed by atoms with E-state index >= 15 is 0 Å². The van der Waals surface area contributed by atoms with E-state index in [9.17, 15) is 0 Å². The molecule has 1 N–H and O–H groups in total. The highest BCUT2D eigenvalue weighted by Crippen LogP contribution is 2.19. The number of aromatic nitrogens is 3. The Morgan fingerprint density at radius 1 is 1.41 bits per heavy atom. The number of nitriles is 1. The molecule has 0 saturated carbocycles. The number of aliphatic hydroxyl groups is 1. The molecule has 1 heterocycles. The smallest absolute Gasteiger partial charge is 0.164 e. The van der Waals surface area contributed by atoms with Crippen LogP contribution < -0.4 is 0 Å². The summed E-state index contributed by atoms with van der Waals surface area (Å²) in [6, 6.07) is 9.27. The first-order valence-corrected chi connectivity index (χ1v) is 5.33. The lowest BCUT2D eigenvalue weighted by Crippen LogP contribution is -2.03. The summed E-state index contributed by atoms with van der Waals surface area (Å²) in [7, 11) is 0. The summed E-state index contributed by atoms with van der Waals surface area (Å²) in [5, 5.41) is 26.0. The van der Waals surface area contributed by atoms with Crippen LogP contribution in [0, 0.1) is 11.3 Å². The van der Waals surface area contributed by atoms with Gasteiger partial charge in [0.1, 0.15) is 6.61 Å². The van der Waals surface area contributed by atoms with Gasteiger partial charge in [0.2, 0.25) is 0 Å². The lowest BCUT2D eigenvalue weighted by molar-refractivity contribution is 0.265. The average molecular weight is 228 g/mol. The van der Waals surface area contributed by atoms with Gasteiger partial charge < -0.3 is 9.67 Å². The fraction of sp³-hybridized carbons (Fsp3) is 0.250. The third-order valence-corrected chi connectivity index (χ3v) is 2.53. The van der Waals surface area contributed by atoms with Crippen molar-refractivity contribution in [2.75, 3.05) is 0 Å². The maximum atomic E-state index is 9.13. The Labute approximate surface area is 99.0 Å². The molecule has 86 valence electrons. The number of nitrogens with zero attached hydrogens (tertiary/aromatic N) is 4. The highest BCUT2D eigenvalue weighted by atomic mass is 16.3. The topological polar surface area (TPSA) is 74.7 Å². The fourth-order valence-corrected chi connectivity index (χ4v) is 1.73. The summed E-state index contributed by atoms with van der Waals surface area (Å²) in [4.78, 5) is 0. The molecule has 0 fully saturated rings. The molecule has 1 aromatic heterocycles. The molecule has 5 nitrogen and oxygen atoms in total. The number of benzene rings is 1. The van der Waals surface area contributed by atoms with Gasteiger partial charge in [0.15, 0.2) is 11.6 Å². The van der Waals surface area contributed by atoms with Crippen molar-refractivity contribution in [1.82, 2.24) is 14.8 Å². The second-order valence-corrected chi connectivity index (χ2v) is 3.53. The molecule has 0 amide bonds. The quantitative estimate of drug-likeness (QED) is 0.859. The van der Waals surface area contributed by atoms with Gasteiger partial charge >= 0.3 is 0 Å². The molecule has 2 aromatic rings. The number of hydrogen-bond donors (Lipinski definition) is 1. The standard InChI is InChI=1S/C12H12N4O/c1-2-16-11(8-17)14-15-12(16)10-5-3-4-9(6-10)7-13/h3-6,17H,2,8H2,1H3. The van der Waals surface area contributed by atoms with Gasteiger partial charge in [0, 0.05) is 12.1 Å². The molecule has 0 spiro atoms. The molecule has 0 unspecified atom stereocenters. The third kappa shape index (κ3) is 2.03. The van der Waals surface area contributed by atoms with Crippen LogP contribution in [-0.2, 0) is 13.2 Å². The van der Waals surface area contributed by atoms with Gasteiger partial charge in [-0.25, -0.2) is 0 Å². The van der Waals surface area contributed by atoms with Gasteiger partial charge in [0.25, 0.3) is 0 Å². The maximum Gasteiger partial charge on any atom is 0.164 e. The minimum absolute atomic E-state index is 0.140. The van der Waals surface area contributed by atoms with Gasteiger partial charge in [-0.15, -0.1) is 10.2 Å². The minimum Gasteiger partial charge on any atom is -0.388 e. The van der Waals surface area contributed by atoms with E-state index < -0.39 is 0 Å². The van der Waals surface area contributed by atoms with Gasteiger partial charge in [-0.1, -0.05) is 12.1 Å². The molecule has 0 saturated heterocycles. The van der Waals surface area contributed by atoms with Gasteiger partial charge in [-0.2, -0.15) is 5.26 Å². The summed E-state index contributed by atoms with van der Waals surface area (Å²) < 4.78 is 1.83. The Hall–Kier alpha value is -2.19. The highest BCUT2D eigenvalue weighted by molar-refractivity contribution is 5.58. The number of hydrogen-bond acceptors (Lipinski definition) is 4. The zero-order valence-corrected chi connectivity index (χ0v) is 9.46. The Balaban J connectivity index is 2.53. The van der Waals surface area contributed by atoms with Crippen LogP contribution in [0.2, 0.25) is 0 Å². The van der Waals surface area contributed by atoms with Crippen LogP contribution >= 0.6 is 0 Å². The van der Waals surface area contributed by atoms with Crippen LogP contribution in [0.25, 0.3) is 11.4 Å². The van der Waals surface area contributed by atoms with Crippen LogP contribution in [0.15, 0.2) is 24.3 Å². The van der Waals surface area contributed by atoms with Crippen LogP contribution in [0.4, 0.5) is 0 Å². The Kier molecular flexibility index (Phi) is 3.17. The zero-order valence-electron chi connectivity index (χ0n) is 9.46. The minimum atomic E-state index is -0.140. The first-order chi connectivity index (χ1) is 8.30. The highest BCUT2D eigenvalue weighted by Gasteiger charge is 2.11. The summed E-state index contributed by atoms with van der Waals surface area (Å²) >= 11 is 0. The molecule has 0 radical (unpaired) electrons. The molecule has 0 aliphatic carbocycles. The van der Waals surface area contributed by atoms with Gasteiger partial charge in [-0.05, 0) is 19.1 Å². The molecule has 0 bridgehead atoms. The molecule has 0 aliphatic rings. The molecule has 17 heavy (non-hydrogen) atoms. The first kappa shape index (κ1) is 11.3. The summed E-state index contributed by atoms with van der Waals surface area (Å²) in [6.07, 6.45) is 0. The normalized spacial score (nSPS) is 10.2. The van der Waals surface area contributed by atoms with Crippen molar-refractivity contribution in [3.8, 4) is 17.5 Å². The molecule has 1 aromatic carbocycles. The van der Waals surface area contributed by atoms with Crippen molar-refractivity contribution < 1.29 is 5.11 Å². The lowest BCUT2D eigenvalue weighted by atomic mass is 10.1. The first-order valence-electron chi connectivity index (χ1n) is 5.33. The molecular weight excluding hydrogens is 216 g/mol. The predicted octanol–water partition coefficient (Wildman–Crippen LogP) is 1.33. The van der Waals surface area contributed by atoms with E-state index in [0.717, 1.165) is 5.56 Å². The van der Waals surface area contributed by atoms with E-state index in [-0.39, 0.29) is 6.61 Å². The number of aliphatic hydroxyl groups excluding tert-OH is 1. The van der Waals surface area contributed by atoms with Crippen LogP contribution in [0.5, 0.6) is 0 Å². The van der Waals surface area contributed by atoms with E-state index in [0.29, 0.717) is 23.8 Å². The van der Waals surface area contributed by atoms with Crippen molar-refractivity contribution in [2.24, 2.45) is 0 Å². The summed E-state index contributed by atoms with van der Waals surface area (Å²) in [5.74, 6) is 1.21. The second kappa shape index (κ2) is 4.76. The van der Waals surface area contributed by atoms with Crippen LogP contribution in [0.1, 0.15) is 18.3 Å². The van der Waals surface area contributed by atoms with Crippen molar-refractivity contribution in [3.63, 3.8) is 0 Å². The fourth-order valence-electron chi connectivity index (χ4n) is 1.73. The van der Waals surface area contributed by atoms with Gasteiger partial charge in [-0.3, -0.25) is 0 Å².